The molecule has 33 heavy (non-hydrogen) atoms. The first-order chi connectivity index (χ1) is 16.4. The van der Waals surface area contributed by atoms with Gasteiger partial charge in [-0.2, -0.15) is 0 Å². The minimum Gasteiger partial charge on any atom is -0.0654 e. The topological polar surface area (TPSA) is 0 Å². The van der Waals surface area contributed by atoms with E-state index in [1.54, 1.807) is 0 Å². The minimum absolute atomic E-state index is 0.195. The van der Waals surface area contributed by atoms with Gasteiger partial charge in [0.05, 0.1) is 0 Å². The van der Waals surface area contributed by atoms with Crippen LogP contribution in [0.25, 0.3) is 0 Å². The minimum atomic E-state index is -0.195. The standard InChI is InChI=1S/C32H51P/c1-2-3-4-5-6-7-8-9-10-11-12-13-14-15-16-17-18-25-30-33(31-26-21-19-22-27-31)32-28-23-20-24-29-32/h19-24,26-29H,2-18,25,30H2,1H3. The lowest BCUT2D eigenvalue weighted by Crippen LogP contribution is -2.13. The van der Waals surface area contributed by atoms with Gasteiger partial charge < -0.3 is 0 Å². The van der Waals surface area contributed by atoms with Gasteiger partial charge in [0.25, 0.3) is 0 Å². The van der Waals surface area contributed by atoms with Crippen molar-refractivity contribution in [2.75, 3.05) is 6.16 Å². The maximum atomic E-state index is 2.33. The Bertz CT molecular complexity index is 611. The Kier molecular flexibility index (Phi) is 17.3. The second-order valence-corrected chi connectivity index (χ2v) is 12.2. The number of hydrogen-bond acceptors (Lipinski definition) is 0. The molecule has 0 unspecified atom stereocenters. The van der Waals surface area contributed by atoms with E-state index in [4.69, 9.17) is 0 Å². The molecule has 0 bridgehead atoms. The van der Waals surface area contributed by atoms with E-state index in [0.717, 1.165) is 0 Å². The van der Waals surface area contributed by atoms with Gasteiger partial charge in [-0.15, -0.1) is 0 Å². The van der Waals surface area contributed by atoms with Crippen LogP contribution in [0.5, 0.6) is 0 Å². The Morgan fingerprint density at radius 1 is 0.394 bits per heavy atom. The SMILES string of the molecule is CCCCCCCCCCCCCCCCCCCCP(c1ccccc1)c1ccccc1. The summed E-state index contributed by atoms with van der Waals surface area (Å²) in [7, 11) is -0.195. The van der Waals surface area contributed by atoms with E-state index in [2.05, 4.69) is 67.6 Å². The molecule has 0 radical (unpaired) electrons. The van der Waals surface area contributed by atoms with Crippen LogP contribution in [0, 0.1) is 0 Å². The van der Waals surface area contributed by atoms with Crippen molar-refractivity contribution in [1.29, 1.82) is 0 Å². The zero-order chi connectivity index (χ0) is 23.2. The number of rotatable bonds is 21. The van der Waals surface area contributed by atoms with Crippen molar-refractivity contribution < 1.29 is 0 Å². The van der Waals surface area contributed by atoms with Crippen molar-refractivity contribution >= 4 is 18.5 Å². The monoisotopic (exact) mass is 466 g/mol. The quantitative estimate of drug-likeness (QED) is 0.127. The lowest BCUT2D eigenvalue weighted by molar-refractivity contribution is 0.526. The van der Waals surface area contributed by atoms with Gasteiger partial charge in [-0.1, -0.05) is 177 Å². The first-order valence-electron chi connectivity index (χ1n) is 14.3. The highest BCUT2D eigenvalue weighted by molar-refractivity contribution is 7.73. The molecule has 0 saturated heterocycles. The predicted octanol–water partition coefficient (Wildman–Crippen LogP) is 10.2. The van der Waals surface area contributed by atoms with E-state index in [1.807, 2.05) is 0 Å². The molecule has 184 valence electrons. The Hall–Kier alpha value is -1.13. The first-order valence-corrected chi connectivity index (χ1v) is 15.8. The third kappa shape index (κ3) is 14.0. The smallest absolute Gasteiger partial charge is 0.0195 e. The third-order valence-corrected chi connectivity index (χ3v) is 9.48. The van der Waals surface area contributed by atoms with Crippen LogP contribution in [0.1, 0.15) is 122 Å². The maximum Gasteiger partial charge on any atom is -0.0195 e. The second kappa shape index (κ2) is 20.3. The lowest BCUT2D eigenvalue weighted by atomic mass is 10.0. The molecular formula is C32H51P. The summed E-state index contributed by atoms with van der Waals surface area (Å²) in [4.78, 5) is 0. The highest BCUT2D eigenvalue weighted by atomic mass is 31.1. The predicted molar refractivity (Wildman–Crippen MR) is 153 cm³/mol. The van der Waals surface area contributed by atoms with Crippen molar-refractivity contribution in [3.8, 4) is 0 Å². The summed E-state index contributed by atoms with van der Waals surface area (Å²) in [6.07, 6.45) is 27.4. The Morgan fingerprint density at radius 2 is 0.697 bits per heavy atom. The van der Waals surface area contributed by atoms with Gasteiger partial charge >= 0.3 is 0 Å². The summed E-state index contributed by atoms with van der Waals surface area (Å²) in [5.74, 6) is 0. The second-order valence-electron chi connectivity index (χ2n) is 9.83. The third-order valence-electron chi connectivity index (χ3n) is 6.87. The lowest BCUT2D eigenvalue weighted by Gasteiger charge is -2.18. The van der Waals surface area contributed by atoms with E-state index in [0.29, 0.717) is 0 Å². The molecule has 0 atom stereocenters. The molecule has 2 rings (SSSR count). The first kappa shape index (κ1) is 28.1. The molecule has 0 aliphatic heterocycles. The van der Waals surface area contributed by atoms with E-state index in [9.17, 15) is 0 Å². The van der Waals surface area contributed by atoms with Crippen LogP contribution in [0.15, 0.2) is 60.7 Å². The van der Waals surface area contributed by atoms with Crippen LogP contribution >= 0.6 is 7.92 Å². The van der Waals surface area contributed by atoms with Gasteiger partial charge in [0.2, 0.25) is 0 Å². The van der Waals surface area contributed by atoms with Gasteiger partial charge in [-0.05, 0) is 31.1 Å². The van der Waals surface area contributed by atoms with Gasteiger partial charge in [0.1, 0.15) is 0 Å². The molecule has 0 aromatic heterocycles. The molecule has 0 saturated carbocycles. The zero-order valence-electron chi connectivity index (χ0n) is 21.7. The van der Waals surface area contributed by atoms with Crippen molar-refractivity contribution in [1.82, 2.24) is 0 Å². The fraction of sp³-hybridized carbons (Fsp3) is 0.625. The van der Waals surface area contributed by atoms with Crippen LogP contribution in [0.4, 0.5) is 0 Å². The summed E-state index contributed by atoms with van der Waals surface area (Å²) in [5.41, 5.74) is 0. The van der Waals surface area contributed by atoms with E-state index >= 15 is 0 Å². The molecule has 2 aromatic carbocycles. The molecule has 1 heteroatoms. The molecule has 0 amide bonds. The molecule has 0 spiro atoms. The summed E-state index contributed by atoms with van der Waals surface area (Å²) >= 11 is 0. The summed E-state index contributed by atoms with van der Waals surface area (Å²) in [6.45, 7) is 2.30. The summed E-state index contributed by atoms with van der Waals surface area (Å²) in [5, 5.41) is 3.07. The van der Waals surface area contributed by atoms with Gasteiger partial charge in [-0.3, -0.25) is 0 Å². The van der Waals surface area contributed by atoms with Crippen LogP contribution in [0.2, 0.25) is 0 Å². The van der Waals surface area contributed by atoms with E-state index in [-0.39, 0.29) is 7.92 Å². The van der Waals surface area contributed by atoms with Crippen molar-refractivity contribution in [2.24, 2.45) is 0 Å². The average Bonchev–Trinajstić information content (AvgIpc) is 2.86. The van der Waals surface area contributed by atoms with Crippen LogP contribution in [0.3, 0.4) is 0 Å². The summed E-state index contributed by atoms with van der Waals surface area (Å²) < 4.78 is 0. The van der Waals surface area contributed by atoms with Crippen LogP contribution < -0.4 is 10.6 Å². The fourth-order valence-corrected chi connectivity index (χ4v) is 7.21. The number of hydrogen-bond donors (Lipinski definition) is 0. The zero-order valence-corrected chi connectivity index (χ0v) is 22.6. The Morgan fingerprint density at radius 3 is 1.03 bits per heavy atom. The largest absolute Gasteiger partial charge is 0.0654 e. The summed E-state index contributed by atoms with van der Waals surface area (Å²) in [6, 6.07) is 22.4. The highest BCUT2D eigenvalue weighted by Gasteiger charge is 2.12. The van der Waals surface area contributed by atoms with Gasteiger partial charge in [0.15, 0.2) is 0 Å². The van der Waals surface area contributed by atoms with Gasteiger partial charge in [0, 0.05) is 0 Å². The van der Waals surface area contributed by atoms with Crippen molar-refractivity contribution in [3.63, 3.8) is 0 Å². The van der Waals surface area contributed by atoms with Gasteiger partial charge in [-0.25, -0.2) is 0 Å². The average molecular weight is 467 g/mol. The van der Waals surface area contributed by atoms with Crippen LogP contribution in [-0.4, -0.2) is 6.16 Å². The molecule has 0 aliphatic rings. The Balaban J connectivity index is 1.41. The maximum absolute atomic E-state index is 2.33. The van der Waals surface area contributed by atoms with Crippen molar-refractivity contribution in [2.45, 2.75) is 122 Å². The molecule has 0 aliphatic carbocycles. The Labute approximate surface area is 207 Å². The highest BCUT2D eigenvalue weighted by Crippen LogP contribution is 2.34. The molecule has 0 fully saturated rings. The van der Waals surface area contributed by atoms with Crippen molar-refractivity contribution in [3.05, 3.63) is 60.7 Å². The molecule has 0 N–H and O–H groups in total. The number of unbranched alkanes of at least 4 members (excludes halogenated alkanes) is 17. The molecule has 0 heterocycles. The van der Waals surface area contributed by atoms with E-state index < -0.39 is 0 Å². The van der Waals surface area contributed by atoms with E-state index in [1.165, 1.54) is 132 Å². The normalized spacial score (nSPS) is 11.3. The van der Waals surface area contributed by atoms with Crippen LogP contribution in [-0.2, 0) is 0 Å². The number of benzene rings is 2. The molecule has 0 nitrogen and oxygen atoms in total. The molecule has 2 aromatic rings. The molecular weight excluding hydrogens is 415 g/mol. The fourth-order valence-electron chi connectivity index (χ4n) is 4.79.